The van der Waals surface area contributed by atoms with Crippen molar-refractivity contribution in [3.63, 3.8) is 0 Å². The molecule has 0 aromatic heterocycles. The average molecular weight is 366 g/mol. The molecule has 1 aliphatic rings. The molecule has 3 aromatic carbocycles. The van der Waals surface area contributed by atoms with Crippen LogP contribution in [0.2, 0.25) is 0 Å². The fraction of sp³-hybridized carbons (Fsp3) is 0.100. The molecule has 3 aromatic rings. The minimum atomic E-state index is 0.330. The van der Waals surface area contributed by atoms with Gasteiger partial charge in [0, 0.05) is 0 Å². The molecule has 0 amide bonds. The monoisotopic (exact) mass is 367 g/mol. The molecule has 0 unspecified atom stereocenters. The fourth-order valence-corrected chi connectivity index (χ4v) is 5.36. The zero-order valence-corrected chi connectivity index (χ0v) is 14.8. The molecular formula is C20H17NOSe. The van der Waals surface area contributed by atoms with E-state index >= 15 is 0 Å². The predicted octanol–water partition coefficient (Wildman–Crippen LogP) is 3.44. The molecule has 2 nitrogen and oxygen atoms in total. The maximum atomic E-state index is 5.62. The first kappa shape index (κ1) is 14.4. The number of hydrogen-bond acceptors (Lipinski definition) is 2. The van der Waals surface area contributed by atoms with Crippen LogP contribution in [0.25, 0.3) is 0 Å². The molecule has 0 atom stereocenters. The van der Waals surface area contributed by atoms with Crippen molar-refractivity contribution in [1.82, 2.24) is 0 Å². The number of nitrogens with zero attached hydrogens (tertiary/aromatic N) is 1. The summed E-state index contributed by atoms with van der Waals surface area (Å²) in [6.45, 7) is 2.16. The van der Waals surface area contributed by atoms with Gasteiger partial charge in [-0.1, -0.05) is 0 Å². The van der Waals surface area contributed by atoms with Crippen LogP contribution >= 0.6 is 0 Å². The van der Waals surface area contributed by atoms with E-state index in [4.69, 9.17) is 4.74 Å². The molecule has 1 aliphatic heterocycles. The van der Waals surface area contributed by atoms with Gasteiger partial charge in [0.2, 0.25) is 0 Å². The second-order valence-electron chi connectivity index (χ2n) is 5.55. The third-order valence-corrected chi connectivity index (χ3v) is 6.34. The Hall–Kier alpha value is -2.22. The normalized spacial score (nSPS) is 12.5. The van der Waals surface area contributed by atoms with Crippen molar-refractivity contribution < 1.29 is 4.74 Å². The summed E-state index contributed by atoms with van der Waals surface area (Å²) >= 11 is 0.330. The Bertz CT molecular complexity index is 875. The van der Waals surface area contributed by atoms with Gasteiger partial charge in [-0.2, -0.15) is 0 Å². The number of anilines is 3. The van der Waals surface area contributed by atoms with E-state index in [0.29, 0.717) is 15.0 Å². The maximum absolute atomic E-state index is 5.62. The van der Waals surface area contributed by atoms with Crippen LogP contribution in [0.3, 0.4) is 0 Å². The van der Waals surface area contributed by atoms with Crippen molar-refractivity contribution in [2.24, 2.45) is 0 Å². The third kappa shape index (κ3) is 2.42. The Balaban J connectivity index is 1.99. The van der Waals surface area contributed by atoms with Crippen LogP contribution in [-0.2, 0) is 0 Å². The predicted molar refractivity (Wildman–Crippen MR) is 97.4 cm³/mol. The number of benzene rings is 3. The van der Waals surface area contributed by atoms with Crippen molar-refractivity contribution >= 4 is 40.9 Å². The van der Waals surface area contributed by atoms with Crippen LogP contribution in [0.15, 0.2) is 66.7 Å². The van der Waals surface area contributed by atoms with E-state index in [-0.39, 0.29) is 0 Å². The van der Waals surface area contributed by atoms with Gasteiger partial charge in [0.25, 0.3) is 0 Å². The molecule has 1 heterocycles. The van der Waals surface area contributed by atoms with Gasteiger partial charge in [-0.25, -0.2) is 0 Å². The Morgan fingerprint density at radius 2 is 1.48 bits per heavy atom. The van der Waals surface area contributed by atoms with Crippen LogP contribution in [-0.4, -0.2) is 22.1 Å². The van der Waals surface area contributed by atoms with Crippen molar-refractivity contribution in [2.45, 2.75) is 6.92 Å². The number of fused-ring (bicyclic) bond motifs is 2. The molecule has 4 rings (SSSR count). The summed E-state index contributed by atoms with van der Waals surface area (Å²) in [5.41, 5.74) is 4.92. The number of para-hydroxylation sites is 3. The summed E-state index contributed by atoms with van der Waals surface area (Å²) < 4.78 is 8.44. The second-order valence-corrected chi connectivity index (χ2v) is 7.82. The van der Waals surface area contributed by atoms with Crippen molar-refractivity contribution in [1.29, 1.82) is 0 Å². The van der Waals surface area contributed by atoms with Crippen molar-refractivity contribution in [3.8, 4) is 5.75 Å². The van der Waals surface area contributed by atoms with Crippen molar-refractivity contribution in [2.75, 3.05) is 12.0 Å². The van der Waals surface area contributed by atoms with E-state index in [9.17, 15) is 0 Å². The third-order valence-electron chi connectivity index (χ3n) is 4.01. The van der Waals surface area contributed by atoms with Crippen molar-refractivity contribution in [3.05, 3.63) is 72.3 Å². The number of rotatable bonds is 2. The summed E-state index contributed by atoms with van der Waals surface area (Å²) in [5, 5.41) is 0. The van der Waals surface area contributed by atoms with Gasteiger partial charge in [-0.15, -0.1) is 0 Å². The molecule has 0 spiro atoms. The fourth-order valence-electron chi connectivity index (χ4n) is 2.94. The van der Waals surface area contributed by atoms with Gasteiger partial charge in [0.15, 0.2) is 0 Å². The summed E-state index contributed by atoms with van der Waals surface area (Å²) in [6, 6.07) is 23.6. The van der Waals surface area contributed by atoms with Gasteiger partial charge in [-0.3, -0.25) is 0 Å². The van der Waals surface area contributed by atoms with Crippen LogP contribution in [0.4, 0.5) is 17.1 Å². The summed E-state index contributed by atoms with van der Waals surface area (Å²) in [4.78, 5) is 2.33. The van der Waals surface area contributed by atoms with E-state index in [0.717, 1.165) is 11.4 Å². The molecule has 0 aliphatic carbocycles. The Kier molecular flexibility index (Phi) is 3.60. The Morgan fingerprint density at radius 3 is 2.30 bits per heavy atom. The number of aryl methyl sites for hydroxylation is 1. The summed E-state index contributed by atoms with van der Waals surface area (Å²) in [6.07, 6.45) is 0. The second kappa shape index (κ2) is 5.77. The van der Waals surface area contributed by atoms with Crippen LogP contribution in [0, 0.1) is 6.92 Å². The van der Waals surface area contributed by atoms with Gasteiger partial charge >= 0.3 is 143 Å². The van der Waals surface area contributed by atoms with E-state index in [1.54, 1.807) is 7.11 Å². The molecule has 0 saturated heterocycles. The first-order valence-corrected chi connectivity index (χ1v) is 9.30. The average Bonchev–Trinajstić information content (AvgIpc) is 2.59. The minimum absolute atomic E-state index is 0.330. The van der Waals surface area contributed by atoms with Gasteiger partial charge in [0.1, 0.15) is 0 Å². The Morgan fingerprint density at radius 1 is 0.783 bits per heavy atom. The van der Waals surface area contributed by atoms with Crippen LogP contribution in [0.5, 0.6) is 5.75 Å². The van der Waals surface area contributed by atoms with E-state index in [1.807, 2.05) is 12.1 Å². The molecule has 0 N–H and O–H groups in total. The van der Waals surface area contributed by atoms with Crippen LogP contribution in [0.1, 0.15) is 5.56 Å². The van der Waals surface area contributed by atoms with Crippen LogP contribution < -0.4 is 18.6 Å². The molecule has 114 valence electrons. The molecule has 0 fully saturated rings. The topological polar surface area (TPSA) is 12.5 Å². The van der Waals surface area contributed by atoms with E-state index in [1.165, 1.54) is 25.9 Å². The van der Waals surface area contributed by atoms with E-state index in [2.05, 4.69) is 66.4 Å². The summed E-state index contributed by atoms with van der Waals surface area (Å²) in [5.74, 6) is 0.892. The summed E-state index contributed by atoms with van der Waals surface area (Å²) in [7, 11) is 1.73. The first-order chi connectivity index (χ1) is 11.3. The molecule has 0 saturated carbocycles. The standard InChI is InChI=1S/C20H17NOSe/c1-14-11-12-17-20(13-14)23-19-10-6-4-8-16(19)21(17)15-7-3-5-9-18(15)22-2/h3-13H,1-2H3. The number of methoxy groups -OCH3 is 1. The van der Waals surface area contributed by atoms with Gasteiger partial charge < -0.3 is 0 Å². The van der Waals surface area contributed by atoms with Gasteiger partial charge in [0.05, 0.1) is 0 Å². The Labute approximate surface area is 142 Å². The molecular weight excluding hydrogens is 349 g/mol. The first-order valence-electron chi connectivity index (χ1n) is 7.58. The molecule has 0 bridgehead atoms. The quantitative estimate of drug-likeness (QED) is 0.504. The molecule has 0 radical (unpaired) electrons. The van der Waals surface area contributed by atoms with Gasteiger partial charge in [-0.05, 0) is 0 Å². The zero-order valence-electron chi connectivity index (χ0n) is 13.1. The zero-order chi connectivity index (χ0) is 15.8. The number of ether oxygens (including phenoxy) is 1. The SMILES string of the molecule is COc1ccccc1N1c2ccccc2[Se]c2cc(C)ccc21. The van der Waals surface area contributed by atoms with E-state index < -0.39 is 0 Å². The molecule has 3 heteroatoms. The number of hydrogen-bond donors (Lipinski definition) is 0. The molecule has 23 heavy (non-hydrogen) atoms.